The molecule has 0 radical (unpaired) electrons. The lowest BCUT2D eigenvalue weighted by atomic mass is 10.1. The molecule has 1 aliphatic rings. The summed E-state index contributed by atoms with van der Waals surface area (Å²) in [5, 5.41) is 0. The number of aliphatic imine (C=N–C) groups is 1. The van der Waals surface area contributed by atoms with E-state index in [4.69, 9.17) is 18.9 Å². The third-order valence-electron chi connectivity index (χ3n) is 5.12. The maximum absolute atomic E-state index is 6.17. The molecule has 174 valence electrons. The molecule has 33 heavy (non-hydrogen) atoms. The number of hydrogen-bond acceptors (Lipinski definition) is 6. The van der Waals surface area contributed by atoms with Crippen LogP contribution in [0.2, 0.25) is 0 Å². The second-order valence-corrected chi connectivity index (χ2v) is 9.50. The van der Waals surface area contributed by atoms with Crippen LogP contribution in [-0.4, -0.2) is 49.1 Å². The monoisotopic (exact) mass is 466 g/mol. The Morgan fingerprint density at radius 2 is 1.76 bits per heavy atom. The molecule has 0 spiro atoms. The zero-order chi connectivity index (χ0) is 23.4. The second-order valence-electron chi connectivity index (χ2n) is 8.62. The van der Waals surface area contributed by atoms with E-state index >= 15 is 0 Å². The Balaban J connectivity index is 1.63. The fourth-order valence-corrected chi connectivity index (χ4v) is 3.96. The molecule has 1 aliphatic heterocycles. The number of thioether (sulfide) groups is 1. The Labute approximate surface area is 199 Å². The van der Waals surface area contributed by atoms with E-state index in [1.54, 1.807) is 18.9 Å². The predicted molar refractivity (Wildman–Crippen MR) is 133 cm³/mol. The molecule has 0 fully saturated rings. The Bertz CT molecular complexity index is 1120. The van der Waals surface area contributed by atoms with E-state index in [2.05, 4.69) is 16.2 Å². The van der Waals surface area contributed by atoms with Gasteiger partial charge < -0.3 is 23.9 Å². The van der Waals surface area contributed by atoms with Crippen molar-refractivity contribution in [3.63, 3.8) is 0 Å². The van der Waals surface area contributed by atoms with Crippen molar-refractivity contribution in [2.45, 2.75) is 37.4 Å². The summed E-state index contributed by atoms with van der Waals surface area (Å²) in [5.74, 6) is 2.80. The molecular formula is C26H30N2O4S. The molecule has 0 aliphatic carbocycles. The van der Waals surface area contributed by atoms with Gasteiger partial charge in [-0.3, -0.25) is 0 Å². The molecule has 2 heterocycles. The van der Waals surface area contributed by atoms with E-state index in [0.29, 0.717) is 30.5 Å². The summed E-state index contributed by atoms with van der Waals surface area (Å²) < 4.78 is 23.5. The van der Waals surface area contributed by atoms with Crippen LogP contribution in [0.5, 0.6) is 17.2 Å². The Morgan fingerprint density at radius 3 is 2.42 bits per heavy atom. The van der Waals surface area contributed by atoms with Crippen molar-refractivity contribution in [3.8, 4) is 28.5 Å². The first-order valence-electron chi connectivity index (χ1n) is 10.9. The normalized spacial score (nSPS) is 15.6. The average molecular weight is 467 g/mol. The standard InChI is InChI=1S/C26H30N2O4S/c1-17(15-29-4)30-20-12-18(13-21(14-20)31-19-6-8-22(33-5)9-7-19)23-10-11-24(28-23)25-27-16-26(2,3)32-25/h6-14,17,28H,15-16H2,1-5H3/t17-/m0/s1. The molecule has 3 aromatic rings. The molecule has 1 atom stereocenters. The van der Waals surface area contributed by atoms with Gasteiger partial charge in [0.2, 0.25) is 5.90 Å². The lowest BCUT2D eigenvalue weighted by Gasteiger charge is -2.17. The topological polar surface area (TPSA) is 65.1 Å². The summed E-state index contributed by atoms with van der Waals surface area (Å²) in [7, 11) is 1.67. The van der Waals surface area contributed by atoms with Crippen molar-refractivity contribution in [2.24, 2.45) is 4.99 Å². The van der Waals surface area contributed by atoms with Crippen molar-refractivity contribution in [2.75, 3.05) is 26.5 Å². The van der Waals surface area contributed by atoms with Gasteiger partial charge in [0.25, 0.3) is 0 Å². The minimum Gasteiger partial charge on any atom is -0.488 e. The van der Waals surface area contributed by atoms with Crippen LogP contribution < -0.4 is 9.47 Å². The molecule has 6 nitrogen and oxygen atoms in total. The van der Waals surface area contributed by atoms with Gasteiger partial charge in [-0.05, 0) is 75.6 Å². The third-order valence-corrected chi connectivity index (χ3v) is 5.86. The van der Waals surface area contributed by atoms with E-state index in [-0.39, 0.29) is 11.7 Å². The molecule has 4 rings (SSSR count). The highest BCUT2D eigenvalue weighted by atomic mass is 32.2. The summed E-state index contributed by atoms with van der Waals surface area (Å²) in [5.41, 5.74) is 2.44. The summed E-state index contributed by atoms with van der Waals surface area (Å²) >= 11 is 1.70. The number of hydrogen-bond donors (Lipinski definition) is 1. The molecule has 1 N–H and O–H groups in total. The van der Waals surface area contributed by atoms with Gasteiger partial charge in [-0.2, -0.15) is 0 Å². The van der Waals surface area contributed by atoms with Crippen molar-refractivity contribution < 1.29 is 18.9 Å². The van der Waals surface area contributed by atoms with Crippen LogP contribution in [0.1, 0.15) is 26.5 Å². The van der Waals surface area contributed by atoms with Crippen molar-refractivity contribution in [1.29, 1.82) is 0 Å². The summed E-state index contributed by atoms with van der Waals surface area (Å²) in [6, 6.07) is 17.9. The van der Waals surface area contributed by atoms with Gasteiger partial charge in [0.15, 0.2) is 0 Å². The highest BCUT2D eigenvalue weighted by molar-refractivity contribution is 7.98. The van der Waals surface area contributed by atoms with Crippen LogP contribution >= 0.6 is 11.8 Å². The maximum Gasteiger partial charge on any atom is 0.233 e. The molecule has 1 aromatic heterocycles. The van der Waals surface area contributed by atoms with Gasteiger partial charge in [-0.15, -0.1) is 11.8 Å². The highest BCUT2D eigenvalue weighted by Gasteiger charge is 2.29. The second kappa shape index (κ2) is 9.93. The first-order chi connectivity index (χ1) is 15.8. The zero-order valence-corrected chi connectivity index (χ0v) is 20.5. The van der Waals surface area contributed by atoms with Gasteiger partial charge in [-0.25, -0.2) is 4.99 Å². The van der Waals surface area contributed by atoms with E-state index in [0.717, 1.165) is 22.7 Å². The minimum atomic E-state index is -0.279. The average Bonchev–Trinajstić information content (AvgIpc) is 3.41. The Kier molecular flexibility index (Phi) is 7.00. The third kappa shape index (κ3) is 5.92. The van der Waals surface area contributed by atoms with Crippen LogP contribution in [0.15, 0.2) is 64.5 Å². The SMILES string of the molecule is COC[C@H](C)Oc1cc(Oc2ccc(SC)cc2)cc(-c2ccc(C3=NCC(C)(C)O3)[nH]2)c1. The maximum atomic E-state index is 6.17. The number of aromatic amines is 1. The summed E-state index contributed by atoms with van der Waals surface area (Å²) in [4.78, 5) is 9.14. The van der Waals surface area contributed by atoms with Crippen LogP contribution in [0.25, 0.3) is 11.3 Å². The van der Waals surface area contributed by atoms with Gasteiger partial charge >= 0.3 is 0 Å². The number of rotatable bonds is 9. The Hall–Kier alpha value is -2.90. The molecular weight excluding hydrogens is 436 g/mol. The van der Waals surface area contributed by atoms with Gasteiger partial charge in [0.1, 0.15) is 34.6 Å². The van der Waals surface area contributed by atoms with Crippen LogP contribution in [-0.2, 0) is 9.47 Å². The number of benzene rings is 2. The van der Waals surface area contributed by atoms with Gasteiger partial charge in [-0.1, -0.05) is 0 Å². The van der Waals surface area contributed by atoms with Crippen LogP contribution in [0, 0.1) is 0 Å². The van der Waals surface area contributed by atoms with Gasteiger partial charge in [0, 0.05) is 29.3 Å². The zero-order valence-electron chi connectivity index (χ0n) is 19.7. The van der Waals surface area contributed by atoms with Crippen molar-refractivity contribution in [3.05, 3.63) is 60.3 Å². The van der Waals surface area contributed by atoms with E-state index in [1.165, 1.54) is 4.90 Å². The van der Waals surface area contributed by atoms with Crippen LogP contribution in [0.4, 0.5) is 0 Å². The molecule has 2 aromatic carbocycles. The molecule has 7 heteroatoms. The molecule has 0 unspecified atom stereocenters. The first kappa shape index (κ1) is 23.3. The molecule has 0 saturated carbocycles. The highest BCUT2D eigenvalue weighted by Crippen LogP contribution is 2.34. The number of nitrogens with one attached hydrogen (secondary N) is 1. The summed E-state index contributed by atoms with van der Waals surface area (Å²) in [6.07, 6.45) is 1.96. The summed E-state index contributed by atoms with van der Waals surface area (Å²) in [6.45, 7) is 7.18. The minimum absolute atomic E-state index is 0.0957. The number of aromatic nitrogens is 1. The molecule has 0 saturated heterocycles. The smallest absolute Gasteiger partial charge is 0.233 e. The van der Waals surface area contributed by atoms with Crippen molar-refractivity contribution in [1.82, 2.24) is 4.98 Å². The quantitative estimate of drug-likeness (QED) is 0.382. The van der Waals surface area contributed by atoms with Crippen LogP contribution in [0.3, 0.4) is 0 Å². The largest absolute Gasteiger partial charge is 0.488 e. The van der Waals surface area contributed by atoms with Crippen molar-refractivity contribution >= 4 is 17.7 Å². The van der Waals surface area contributed by atoms with Gasteiger partial charge in [0.05, 0.1) is 13.2 Å². The number of methoxy groups -OCH3 is 1. The fourth-order valence-electron chi connectivity index (χ4n) is 3.55. The first-order valence-corrected chi connectivity index (χ1v) is 12.1. The molecule has 0 bridgehead atoms. The fraction of sp³-hybridized carbons (Fsp3) is 0.346. The Morgan fingerprint density at radius 1 is 1.03 bits per heavy atom. The lowest BCUT2D eigenvalue weighted by Crippen LogP contribution is -2.24. The number of H-pyrrole nitrogens is 1. The number of nitrogens with zero attached hydrogens (tertiary/aromatic N) is 1. The predicted octanol–water partition coefficient (Wildman–Crippen LogP) is 6.17. The molecule has 0 amide bonds. The lowest BCUT2D eigenvalue weighted by molar-refractivity contribution is 0.0920. The van der Waals surface area contributed by atoms with E-state index in [9.17, 15) is 0 Å². The number of ether oxygens (including phenoxy) is 4. The van der Waals surface area contributed by atoms with E-state index < -0.39 is 0 Å². The van der Waals surface area contributed by atoms with E-state index in [1.807, 2.05) is 75.4 Å².